The van der Waals surface area contributed by atoms with E-state index >= 15 is 0 Å². The van der Waals surface area contributed by atoms with Gasteiger partial charge in [-0.2, -0.15) is 0 Å². The molecular weight excluding hydrogens is 378 g/mol. The molecule has 2 aliphatic heterocycles. The molecule has 1 aromatic heterocycles. The van der Waals surface area contributed by atoms with Crippen molar-refractivity contribution >= 4 is 17.5 Å². The lowest BCUT2D eigenvalue weighted by molar-refractivity contribution is -0.132. The summed E-state index contributed by atoms with van der Waals surface area (Å²) >= 11 is 6.34. The van der Waals surface area contributed by atoms with Crippen molar-refractivity contribution < 1.29 is 14.3 Å². The number of hydrogen-bond donors (Lipinski definition) is 0. The van der Waals surface area contributed by atoms with E-state index in [1.165, 1.54) is 5.56 Å². The summed E-state index contributed by atoms with van der Waals surface area (Å²) in [5.74, 6) is 1.33. The van der Waals surface area contributed by atoms with Crippen LogP contribution in [0.15, 0.2) is 36.7 Å². The normalized spacial score (nSPS) is 17.2. The Labute approximate surface area is 170 Å². The lowest BCUT2D eigenvalue weighted by Crippen LogP contribution is -2.48. The zero-order valence-electron chi connectivity index (χ0n) is 15.8. The summed E-state index contributed by atoms with van der Waals surface area (Å²) < 4.78 is 11.4. The SMILES string of the molecule is O=C(Cc1cc(Cl)c2c(c1)OCCCO2)N1CCN(Cc2cccnc2)CC1. The molecule has 0 radical (unpaired) electrons. The van der Waals surface area contributed by atoms with Crippen molar-refractivity contribution in [3.8, 4) is 11.5 Å². The Hall–Kier alpha value is -2.31. The van der Waals surface area contributed by atoms with Crippen LogP contribution in [0.1, 0.15) is 17.5 Å². The number of halogens is 1. The Morgan fingerprint density at radius 1 is 1.11 bits per heavy atom. The molecule has 0 spiro atoms. The number of carbonyl (C=O) groups is 1. The van der Waals surface area contributed by atoms with Gasteiger partial charge in [0.05, 0.1) is 24.7 Å². The van der Waals surface area contributed by atoms with Crippen LogP contribution in [-0.2, 0) is 17.8 Å². The molecule has 1 fully saturated rings. The summed E-state index contributed by atoms with van der Waals surface area (Å²) in [7, 11) is 0. The molecule has 0 saturated carbocycles. The van der Waals surface area contributed by atoms with Gasteiger partial charge in [-0.25, -0.2) is 0 Å². The highest BCUT2D eigenvalue weighted by Gasteiger charge is 2.23. The number of piperazine rings is 1. The average Bonchev–Trinajstić information content (AvgIpc) is 2.95. The molecule has 2 aromatic rings. The summed E-state index contributed by atoms with van der Waals surface area (Å²) in [5, 5.41) is 0.503. The second-order valence-electron chi connectivity index (χ2n) is 7.15. The van der Waals surface area contributed by atoms with Gasteiger partial charge in [0.15, 0.2) is 11.5 Å². The summed E-state index contributed by atoms with van der Waals surface area (Å²) in [4.78, 5) is 21.2. The summed E-state index contributed by atoms with van der Waals surface area (Å²) in [6.07, 6.45) is 4.82. The minimum Gasteiger partial charge on any atom is -0.489 e. The fourth-order valence-corrected chi connectivity index (χ4v) is 3.87. The van der Waals surface area contributed by atoms with Gasteiger partial charge in [0.2, 0.25) is 5.91 Å². The third-order valence-corrected chi connectivity index (χ3v) is 5.35. The molecule has 0 unspecified atom stereocenters. The van der Waals surface area contributed by atoms with E-state index in [0.29, 0.717) is 36.2 Å². The van der Waals surface area contributed by atoms with E-state index in [0.717, 1.165) is 44.7 Å². The van der Waals surface area contributed by atoms with Gasteiger partial charge >= 0.3 is 0 Å². The maximum absolute atomic E-state index is 12.8. The van der Waals surface area contributed by atoms with Gasteiger partial charge in [-0.1, -0.05) is 17.7 Å². The van der Waals surface area contributed by atoms with Gasteiger partial charge in [-0.15, -0.1) is 0 Å². The van der Waals surface area contributed by atoms with E-state index in [1.807, 2.05) is 29.3 Å². The van der Waals surface area contributed by atoms with Crippen molar-refractivity contribution in [2.45, 2.75) is 19.4 Å². The van der Waals surface area contributed by atoms with Gasteiger partial charge in [0, 0.05) is 51.5 Å². The highest BCUT2D eigenvalue weighted by molar-refractivity contribution is 6.32. The molecule has 28 heavy (non-hydrogen) atoms. The van der Waals surface area contributed by atoms with E-state index in [2.05, 4.69) is 16.0 Å². The second-order valence-corrected chi connectivity index (χ2v) is 7.56. The van der Waals surface area contributed by atoms with Crippen molar-refractivity contribution in [3.05, 3.63) is 52.8 Å². The van der Waals surface area contributed by atoms with Gasteiger partial charge in [0.25, 0.3) is 0 Å². The molecule has 2 aliphatic rings. The first-order valence-electron chi connectivity index (χ1n) is 9.66. The minimum atomic E-state index is 0.117. The molecule has 3 heterocycles. The van der Waals surface area contributed by atoms with E-state index in [1.54, 1.807) is 6.20 Å². The van der Waals surface area contributed by atoms with Crippen molar-refractivity contribution in [2.75, 3.05) is 39.4 Å². The molecule has 0 N–H and O–H groups in total. The third kappa shape index (κ3) is 4.56. The summed E-state index contributed by atoms with van der Waals surface area (Å²) in [6.45, 7) is 5.25. The number of amides is 1. The summed E-state index contributed by atoms with van der Waals surface area (Å²) in [5.41, 5.74) is 2.06. The average molecular weight is 402 g/mol. The third-order valence-electron chi connectivity index (χ3n) is 5.07. The molecule has 6 nitrogen and oxygen atoms in total. The van der Waals surface area contributed by atoms with E-state index in [4.69, 9.17) is 21.1 Å². The summed E-state index contributed by atoms with van der Waals surface area (Å²) in [6, 6.07) is 7.72. The van der Waals surface area contributed by atoms with Gasteiger partial charge in [0.1, 0.15) is 0 Å². The zero-order chi connectivity index (χ0) is 19.3. The molecule has 4 rings (SSSR count). The Balaban J connectivity index is 1.33. The minimum absolute atomic E-state index is 0.117. The molecule has 1 amide bonds. The van der Waals surface area contributed by atoms with E-state index in [9.17, 15) is 4.79 Å². The van der Waals surface area contributed by atoms with Crippen molar-refractivity contribution in [1.82, 2.24) is 14.8 Å². The van der Waals surface area contributed by atoms with Crippen LogP contribution in [0.3, 0.4) is 0 Å². The van der Waals surface area contributed by atoms with Crippen LogP contribution in [0.5, 0.6) is 11.5 Å². The van der Waals surface area contributed by atoms with Gasteiger partial charge in [-0.3, -0.25) is 14.7 Å². The van der Waals surface area contributed by atoms with Crippen molar-refractivity contribution in [1.29, 1.82) is 0 Å². The Kier molecular flexibility index (Phi) is 5.98. The Bertz CT molecular complexity index is 823. The number of fused-ring (bicyclic) bond motifs is 1. The molecule has 148 valence electrons. The first kappa shape index (κ1) is 19.0. The van der Waals surface area contributed by atoms with Crippen LogP contribution >= 0.6 is 11.6 Å². The van der Waals surface area contributed by atoms with Gasteiger partial charge in [-0.05, 0) is 29.3 Å². The lowest BCUT2D eigenvalue weighted by atomic mass is 10.1. The number of carbonyl (C=O) groups excluding carboxylic acids is 1. The lowest BCUT2D eigenvalue weighted by Gasteiger charge is -2.34. The molecule has 1 aromatic carbocycles. The van der Waals surface area contributed by atoms with Crippen LogP contribution in [0, 0.1) is 0 Å². The second kappa shape index (κ2) is 8.80. The first-order valence-corrected chi connectivity index (χ1v) is 10.0. The van der Waals surface area contributed by atoms with Crippen LogP contribution in [0.25, 0.3) is 0 Å². The number of rotatable bonds is 4. The van der Waals surface area contributed by atoms with Crippen LogP contribution in [0.4, 0.5) is 0 Å². The smallest absolute Gasteiger partial charge is 0.227 e. The molecule has 0 bridgehead atoms. The largest absolute Gasteiger partial charge is 0.489 e. The van der Waals surface area contributed by atoms with E-state index < -0.39 is 0 Å². The number of ether oxygens (including phenoxy) is 2. The monoisotopic (exact) mass is 401 g/mol. The van der Waals surface area contributed by atoms with Crippen LogP contribution in [-0.4, -0.2) is 60.1 Å². The number of benzene rings is 1. The predicted molar refractivity (Wildman–Crippen MR) is 107 cm³/mol. The van der Waals surface area contributed by atoms with Crippen molar-refractivity contribution in [3.63, 3.8) is 0 Å². The molecule has 7 heteroatoms. The first-order chi connectivity index (χ1) is 13.7. The Morgan fingerprint density at radius 2 is 1.93 bits per heavy atom. The highest BCUT2D eigenvalue weighted by Crippen LogP contribution is 2.38. The van der Waals surface area contributed by atoms with E-state index in [-0.39, 0.29) is 5.91 Å². The fourth-order valence-electron chi connectivity index (χ4n) is 3.58. The van der Waals surface area contributed by atoms with Crippen LogP contribution < -0.4 is 9.47 Å². The van der Waals surface area contributed by atoms with Crippen LogP contribution in [0.2, 0.25) is 5.02 Å². The number of nitrogens with zero attached hydrogens (tertiary/aromatic N) is 3. The number of hydrogen-bond acceptors (Lipinski definition) is 5. The number of aromatic nitrogens is 1. The Morgan fingerprint density at radius 3 is 2.71 bits per heavy atom. The quantitative estimate of drug-likeness (QED) is 0.788. The number of pyridine rings is 1. The standard InChI is InChI=1S/C21H24ClN3O3/c22-18-11-17(12-19-21(18)28-10-2-9-27-19)13-20(26)25-7-5-24(6-8-25)15-16-3-1-4-23-14-16/h1,3-4,11-12,14H,2,5-10,13,15H2. The molecular formula is C21H24ClN3O3. The molecule has 1 saturated heterocycles. The van der Waals surface area contributed by atoms with Crippen molar-refractivity contribution in [2.24, 2.45) is 0 Å². The predicted octanol–water partition coefficient (Wildman–Crippen LogP) is 2.78. The molecule has 0 atom stereocenters. The fraction of sp³-hybridized carbons (Fsp3) is 0.429. The zero-order valence-corrected chi connectivity index (χ0v) is 16.5. The highest BCUT2D eigenvalue weighted by atomic mass is 35.5. The maximum Gasteiger partial charge on any atom is 0.227 e. The maximum atomic E-state index is 12.8. The van der Waals surface area contributed by atoms with Gasteiger partial charge < -0.3 is 14.4 Å². The molecule has 0 aliphatic carbocycles. The topological polar surface area (TPSA) is 54.9 Å².